The summed E-state index contributed by atoms with van der Waals surface area (Å²) in [5.41, 5.74) is 4.68. The van der Waals surface area contributed by atoms with Gasteiger partial charge >= 0.3 is 12.3 Å². The fourth-order valence-electron chi connectivity index (χ4n) is 1.18. The van der Waals surface area contributed by atoms with Crippen molar-refractivity contribution in [2.45, 2.75) is 57.6 Å². The van der Waals surface area contributed by atoms with Gasteiger partial charge in [-0.05, 0) is 27.7 Å². The molecule has 0 bridgehead atoms. The predicted molar refractivity (Wildman–Crippen MR) is 66.2 cm³/mol. The SMILES string of the molecule is CC(C)(N)C(C)(C)c1nc(COCC(F)(F)C(F)F)no1. The van der Waals surface area contributed by atoms with Crippen LogP contribution in [-0.2, 0) is 16.8 Å². The second kappa shape index (κ2) is 5.88. The van der Waals surface area contributed by atoms with Gasteiger partial charge in [0.05, 0.1) is 5.41 Å². The summed E-state index contributed by atoms with van der Waals surface area (Å²) in [5, 5.41) is 3.56. The van der Waals surface area contributed by atoms with Gasteiger partial charge in [0.15, 0.2) is 5.82 Å². The van der Waals surface area contributed by atoms with E-state index in [0.29, 0.717) is 0 Å². The first-order valence-corrected chi connectivity index (χ1v) is 6.23. The van der Waals surface area contributed by atoms with Crippen LogP contribution in [0.2, 0.25) is 0 Å². The first-order valence-electron chi connectivity index (χ1n) is 6.23. The first-order chi connectivity index (χ1) is 9.38. The van der Waals surface area contributed by atoms with Crippen molar-refractivity contribution in [1.82, 2.24) is 10.1 Å². The van der Waals surface area contributed by atoms with Gasteiger partial charge in [-0.3, -0.25) is 0 Å². The maximum absolute atomic E-state index is 12.6. The molecule has 0 amide bonds. The standard InChI is InChI=1S/C12H19F4N3O2/c1-10(2,11(3,4)17)9-18-7(19-21-9)5-20-6-12(15,16)8(13)14/h8H,5-6,17H2,1-4H3. The minimum absolute atomic E-state index is 0.00705. The van der Waals surface area contributed by atoms with Crippen LogP contribution in [0.1, 0.15) is 39.4 Å². The Balaban J connectivity index is 2.66. The second-order valence-electron chi connectivity index (χ2n) is 5.92. The van der Waals surface area contributed by atoms with E-state index >= 15 is 0 Å². The van der Waals surface area contributed by atoms with E-state index in [1.54, 1.807) is 27.7 Å². The van der Waals surface area contributed by atoms with E-state index in [1.807, 2.05) is 0 Å². The molecular weight excluding hydrogens is 294 g/mol. The molecule has 9 heteroatoms. The second-order valence-corrected chi connectivity index (χ2v) is 5.92. The van der Waals surface area contributed by atoms with Crippen molar-refractivity contribution in [3.63, 3.8) is 0 Å². The molecule has 1 aromatic rings. The zero-order chi connectivity index (χ0) is 16.5. The van der Waals surface area contributed by atoms with Gasteiger partial charge in [0.25, 0.3) is 0 Å². The molecule has 0 saturated carbocycles. The van der Waals surface area contributed by atoms with Crippen LogP contribution in [0.3, 0.4) is 0 Å². The fourth-order valence-corrected chi connectivity index (χ4v) is 1.18. The quantitative estimate of drug-likeness (QED) is 0.783. The van der Waals surface area contributed by atoms with E-state index in [0.717, 1.165) is 0 Å². The van der Waals surface area contributed by atoms with Crippen molar-refractivity contribution < 1.29 is 26.8 Å². The van der Waals surface area contributed by atoms with Crippen molar-refractivity contribution in [2.75, 3.05) is 6.61 Å². The van der Waals surface area contributed by atoms with Crippen molar-refractivity contribution >= 4 is 0 Å². The Morgan fingerprint density at radius 2 is 1.81 bits per heavy atom. The van der Waals surface area contributed by atoms with Gasteiger partial charge in [0.2, 0.25) is 5.89 Å². The van der Waals surface area contributed by atoms with E-state index in [1.165, 1.54) is 0 Å². The Bertz CT molecular complexity index is 469. The summed E-state index contributed by atoms with van der Waals surface area (Å²) in [6, 6.07) is 0. The smallest absolute Gasteiger partial charge is 0.330 e. The Morgan fingerprint density at radius 3 is 2.29 bits per heavy atom. The molecule has 1 rings (SSSR count). The molecule has 0 fully saturated rings. The number of ether oxygens (including phenoxy) is 1. The van der Waals surface area contributed by atoms with E-state index in [2.05, 4.69) is 14.9 Å². The van der Waals surface area contributed by atoms with Gasteiger partial charge < -0.3 is 15.0 Å². The predicted octanol–water partition coefficient (Wildman–Crippen LogP) is 2.50. The van der Waals surface area contributed by atoms with Crippen LogP contribution in [0.5, 0.6) is 0 Å². The largest absolute Gasteiger partial charge is 0.367 e. The molecule has 0 aliphatic carbocycles. The molecule has 0 spiro atoms. The average Bonchev–Trinajstić information content (AvgIpc) is 2.76. The molecule has 0 aliphatic heterocycles. The maximum Gasteiger partial charge on any atom is 0.330 e. The molecule has 0 aromatic carbocycles. The summed E-state index contributed by atoms with van der Waals surface area (Å²) in [5.74, 6) is -3.99. The number of hydrogen-bond acceptors (Lipinski definition) is 5. The molecule has 21 heavy (non-hydrogen) atoms. The highest BCUT2D eigenvalue weighted by Crippen LogP contribution is 2.31. The van der Waals surface area contributed by atoms with Crippen LogP contribution in [0.15, 0.2) is 4.52 Å². The minimum Gasteiger partial charge on any atom is -0.367 e. The third-order valence-corrected chi connectivity index (χ3v) is 3.46. The lowest BCUT2D eigenvalue weighted by atomic mass is 9.75. The molecule has 0 atom stereocenters. The fraction of sp³-hybridized carbons (Fsp3) is 0.833. The highest BCUT2D eigenvalue weighted by atomic mass is 19.3. The number of nitrogens with zero attached hydrogens (tertiary/aromatic N) is 2. The van der Waals surface area contributed by atoms with E-state index in [-0.39, 0.29) is 11.7 Å². The van der Waals surface area contributed by atoms with Crippen molar-refractivity contribution in [3.8, 4) is 0 Å². The molecule has 0 radical (unpaired) electrons. The number of nitrogens with two attached hydrogens (primary N) is 1. The molecule has 0 aliphatic rings. The highest BCUT2D eigenvalue weighted by Gasteiger charge is 2.42. The van der Waals surface area contributed by atoms with Gasteiger partial charge in [0.1, 0.15) is 13.2 Å². The highest BCUT2D eigenvalue weighted by molar-refractivity contribution is 5.10. The Labute approximate surface area is 119 Å². The van der Waals surface area contributed by atoms with Gasteiger partial charge in [0, 0.05) is 5.54 Å². The van der Waals surface area contributed by atoms with Crippen LogP contribution in [0, 0.1) is 0 Å². The van der Waals surface area contributed by atoms with Gasteiger partial charge in [-0.2, -0.15) is 13.8 Å². The summed E-state index contributed by atoms with van der Waals surface area (Å²) in [7, 11) is 0. The molecule has 122 valence electrons. The van der Waals surface area contributed by atoms with Gasteiger partial charge in [-0.25, -0.2) is 8.78 Å². The zero-order valence-corrected chi connectivity index (χ0v) is 12.3. The van der Waals surface area contributed by atoms with E-state index in [4.69, 9.17) is 10.3 Å². The number of rotatable bonds is 7. The van der Waals surface area contributed by atoms with Crippen LogP contribution in [0.4, 0.5) is 17.6 Å². The molecule has 5 nitrogen and oxygen atoms in total. The number of halogens is 4. The summed E-state index contributed by atoms with van der Waals surface area (Å²) in [6.45, 7) is 5.26. The maximum atomic E-state index is 12.6. The van der Waals surface area contributed by atoms with Crippen LogP contribution in [-0.4, -0.2) is 34.6 Å². The van der Waals surface area contributed by atoms with Crippen LogP contribution < -0.4 is 5.73 Å². The topological polar surface area (TPSA) is 74.2 Å². The Kier molecular flexibility index (Phi) is 4.99. The summed E-state index contributed by atoms with van der Waals surface area (Å²) in [4.78, 5) is 4.00. The lowest BCUT2D eigenvalue weighted by Gasteiger charge is -2.34. The van der Waals surface area contributed by atoms with Gasteiger partial charge in [-0.1, -0.05) is 5.16 Å². The lowest BCUT2D eigenvalue weighted by Crippen LogP contribution is -2.50. The molecule has 0 unspecified atom stereocenters. The van der Waals surface area contributed by atoms with Crippen molar-refractivity contribution in [1.29, 1.82) is 0 Å². The lowest BCUT2D eigenvalue weighted by molar-refractivity contribution is -0.168. The number of alkyl halides is 4. The Hall–Kier alpha value is -1.22. The van der Waals surface area contributed by atoms with E-state index in [9.17, 15) is 17.6 Å². The van der Waals surface area contributed by atoms with Gasteiger partial charge in [-0.15, -0.1) is 0 Å². The normalized spacial score (nSPS) is 14.0. The summed E-state index contributed by atoms with van der Waals surface area (Å²) < 4.78 is 58.7. The monoisotopic (exact) mass is 313 g/mol. The summed E-state index contributed by atoms with van der Waals surface area (Å²) >= 11 is 0. The third kappa shape index (κ3) is 4.13. The number of hydrogen-bond donors (Lipinski definition) is 1. The van der Waals surface area contributed by atoms with Crippen molar-refractivity contribution in [3.05, 3.63) is 11.7 Å². The molecule has 0 saturated heterocycles. The first kappa shape index (κ1) is 17.8. The third-order valence-electron chi connectivity index (χ3n) is 3.46. The molecule has 1 heterocycles. The van der Waals surface area contributed by atoms with Crippen LogP contribution >= 0.6 is 0 Å². The van der Waals surface area contributed by atoms with Crippen LogP contribution in [0.25, 0.3) is 0 Å². The number of aromatic nitrogens is 2. The average molecular weight is 313 g/mol. The minimum atomic E-state index is -4.20. The summed E-state index contributed by atoms with van der Waals surface area (Å²) in [6.07, 6.45) is -3.78. The molecular formula is C12H19F4N3O2. The Morgan fingerprint density at radius 1 is 1.24 bits per heavy atom. The van der Waals surface area contributed by atoms with Crippen molar-refractivity contribution in [2.24, 2.45) is 5.73 Å². The molecule has 1 aromatic heterocycles. The van der Waals surface area contributed by atoms with E-state index < -0.39 is 36.5 Å². The zero-order valence-electron chi connectivity index (χ0n) is 12.3. The molecule has 2 N–H and O–H groups in total.